The van der Waals surface area contributed by atoms with Gasteiger partial charge in [0, 0.05) is 39.3 Å². The van der Waals surface area contributed by atoms with Crippen LogP contribution in [-0.2, 0) is 6.54 Å². The monoisotopic (exact) mass is 300 g/mol. The molecule has 4 rings (SSSR count). The van der Waals surface area contributed by atoms with E-state index in [-0.39, 0.29) is 5.82 Å². The molecular weight excluding hydrogens is 275 g/mol. The van der Waals surface area contributed by atoms with Crippen LogP contribution in [0.1, 0.15) is 18.4 Å². The Labute approximate surface area is 132 Å². The van der Waals surface area contributed by atoms with Gasteiger partial charge in [-0.25, -0.2) is 4.39 Å². The van der Waals surface area contributed by atoms with E-state index in [0.717, 1.165) is 37.4 Å². The van der Waals surface area contributed by atoms with Crippen LogP contribution in [0.2, 0.25) is 0 Å². The maximum atomic E-state index is 12.9. The van der Waals surface area contributed by atoms with Gasteiger partial charge in [-0.2, -0.15) is 0 Å². The average molecular weight is 300 g/mol. The summed E-state index contributed by atoms with van der Waals surface area (Å²) in [7, 11) is 0. The summed E-state index contributed by atoms with van der Waals surface area (Å²) in [6.07, 6.45) is 7.72. The first kappa shape index (κ1) is 14.4. The SMILES string of the molecule is Fc1ccc(CN2CCN(C[C@H]3C[C@H]4C=C[C@@H]3C4)CC2)cc1. The fourth-order valence-corrected chi connectivity index (χ4v) is 4.41. The number of piperazine rings is 1. The van der Waals surface area contributed by atoms with Crippen molar-refractivity contribution in [3.05, 3.63) is 47.8 Å². The molecule has 1 saturated carbocycles. The highest BCUT2D eigenvalue weighted by Gasteiger charge is 2.36. The molecule has 1 aromatic rings. The molecule has 3 atom stereocenters. The zero-order chi connectivity index (χ0) is 14.9. The number of benzene rings is 1. The molecule has 0 spiro atoms. The van der Waals surface area contributed by atoms with E-state index in [4.69, 9.17) is 0 Å². The van der Waals surface area contributed by atoms with Gasteiger partial charge in [-0.3, -0.25) is 4.90 Å². The number of fused-ring (bicyclic) bond motifs is 2. The number of hydrogen-bond acceptors (Lipinski definition) is 2. The number of nitrogens with zero attached hydrogens (tertiary/aromatic N) is 2. The molecule has 2 nitrogen and oxygen atoms in total. The first-order valence-corrected chi connectivity index (χ1v) is 8.64. The smallest absolute Gasteiger partial charge is 0.123 e. The Bertz CT molecular complexity index is 531. The van der Waals surface area contributed by atoms with E-state index in [2.05, 4.69) is 22.0 Å². The standard InChI is InChI=1S/C19H25FN2/c20-19-5-2-15(3-6-19)13-21-7-9-22(10-8-21)14-18-12-16-1-4-17(18)11-16/h1-6,16-18H,7-14H2/t16-,17+,18+/m0/s1. The molecule has 0 radical (unpaired) electrons. The van der Waals surface area contributed by atoms with E-state index in [9.17, 15) is 4.39 Å². The summed E-state index contributed by atoms with van der Waals surface area (Å²) in [5.74, 6) is 2.50. The van der Waals surface area contributed by atoms with Crippen molar-refractivity contribution in [1.82, 2.24) is 9.80 Å². The van der Waals surface area contributed by atoms with Crippen molar-refractivity contribution in [2.75, 3.05) is 32.7 Å². The molecule has 0 aromatic heterocycles. The predicted molar refractivity (Wildman–Crippen MR) is 87.0 cm³/mol. The van der Waals surface area contributed by atoms with Crippen LogP contribution >= 0.6 is 0 Å². The van der Waals surface area contributed by atoms with Crippen LogP contribution in [-0.4, -0.2) is 42.5 Å². The van der Waals surface area contributed by atoms with Crippen molar-refractivity contribution < 1.29 is 4.39 Å². The molecule has 2 bridgehead atoms. The van der Waals surface area contributed by atoms with E-state index in [1.54, 1.807) is 12.1 Å². The molecule has 1 aliphatic heterocycles. The third-order valence-corrected chi connectivity index (χ3v) is 5.69. The molecule has 3 heteroatoms. The van der Waals surface area contributed by atoms with Gasteiger partial charge in [0.1, 0.15) is 5.82 Å². The summed E-state index contributed by atoms with van der Waals surface area (Å²) in [4.78, 5) is 5.14. The largest absolute Gasteiger partial charge is 0.300 e. The Morgan fingerprint density at radius 2 is 1.64 bits per heavy atom. The topological polar surface area (TPSA) is 6.48 Å². The zero-order valence-electron chi connectivity index (χ0n) is 13.1. The van der Waals surface area contributed by atoms with Gasteiger partial charge in [0.25, 0.3) is 0 Å². The Hall–Kier alpha value is -1.19. The Balaban J connectivity index is 1.24. The second kappa shape index (κ2) is 6.13. The van der Waals surface area contributed by atoms with Gasteiger partial charge < -0.3 is 4.90 Å². The molecule has 0 N–H and O–H groups in total. The third-order valence-electron chi connectivity index (χ3n) is 5.69. The van der Waals surface area contributed by atoms with Crippen molar-refractivity contribution in [2.45, 2.75) is 19.4 Å². The maximum Gasteiger partial charge on any atom is 0.123 e. The van der Waals surface area contributed by atoms with E-state index in [1.807, 2.05) is 12.1 Å². The third kappa shape index (κ3) is 3.11. The van der Waals surface area contributed by atoms with Crippen molar-refractivity contribution in [3.8, 4) is 0 Å². The van der Waals surface area contributed by atoms with Crippen LogP contribution in [0.4, 0.5) is 4.39 Å². The van der Waals surface area contributed by atoms with Crippen LogP contribution in [0, 0.1) is 23.6 Å². The lowest BCUT2D eigenvalue weighted by Gasteiger charge is -2.37. The number of hydrogen-bond donors (Lipinski definition) is 0. The summed E-state index contributed by atoms with van der Waals surface area (Å²) in [6, 6.07) is 6.94. The Kier molecular flexibility index (Phi) is 4.01. The zero-order valence-corrected chi connectivity index (χ0v) is 13.1. The molecule has 118 valence electrons. The fraction of sp³-hybridized carbons (Fsp3) is 0.579. The summed E-state index contributed by atoms with van der Waals surface area (Å²) in [5.41, 5.74) is 1.22. The summed E-state index contributed by atoms with van der Waals surface area (Å²) in [5, 5.41) is 0. The van der Waals surface area contributed by atoms with E-state index in [0.29, 0.717) is 0 Å². The Morgan fingerprint density at radius 3 is 2.27 bits per heavy atom. The van der Waals surface area contributed by atoms with Gasteiger partial charge in [0.2, 0.25) is 0 Å². The lowest BCUT2D eigenvalue weighted by Crippen LogP contribution is -2.47. The molecule has 1 saturated heterocycles. The fourth-order valence-electron chi connectivity index (χ4n) is 4.41. The van der Waals surface area contributed by atoms with Gasteiger partial charge in [-0.05, 0) is 48.3 Å². The minimum atomic E-state index is -0.145. The molecule has 3 aliphatic rings. The minimum Gasteiger partial charge on any atom is -0.300 e. The second-order valence-corrected chi connectivity index (χ2v) is 7.24. The van der Waals surface area contributed by atoms with Gasteiger partial charge in [-0.15, -0.1) is 0 Å². The summed E-state index contributed by atoms with van der Waals surface area (Å²) >= 11 is 0. The molecule has 22 heavy (non-hydrogen) atoms. The van der Waals surface area contributed by atoms with Crippen LogP contribution in [0.25, 0.3) is 0 Å². The first-order chi connectivity index (χ1) is 10.8. The van der Waals surface area contributed by atoms with Gasteiger partial charge in [0.05, 0.1) is 0 Å². The van der Waals surface area contributed by atoms with Gasteiger partial charge >= 0.3 is 0 Å². The normalized spacial score (nSPS) is 32.0. The maximum absolute atomic E-state index is 12.9. The minimum absolute atomic E-state index is 0.145. The first-order valence-electron chi connectivity index (χ1n) is 8.64. The van der Waals surface area contributed by atoms with Crippen LogP contribution in [0.15, 0.2) is 36.4 Å². The average Bonchev–Trinajstić information content (AvgIpc) is 3.14. The quantitative estimate of drug-likeness (QED) is 0.788. The van der Waals surface area contributed by atoms with Crippen molar-refractivity contribution in [3.63, 3.8) is 0 Å². The number of halogens is 1. The van der Waals surface area contributed by atoms with Crippen molar-refractivity contribution >= 4 is 0 Å². The predicted octanol–water partition coefficient (Wildman–Crippen LogP) is 3.16. The molecule has 0 unspecified atom stereocenters. The van der Waals surface area contributed by atoms with Crippen LogP contribution in [0.3, 0.4) is 0 Å². The molecular formula is C19H25FN2. The van der Waals surface area contributed by atoms with Gasteiger partial charge in [0.15, 0.2) is 0 Å². The van der Waals surface area contributed by atoms with E-state index < -0.39 is 0 Å². The molecule has 2 aliphatic carbocycles. The highest BCUT2D eigenvalue weighted by atomic mass is 19.1. The summed E-state index contributed by atoms with van der Waals surface area (Å²) < 4.78 is 12.9. The molecule has 1 heterocycles. The number of rotatable bonds is 4. The van der Waals surface area contributed by atoms with Crippen LogP contribution < -0.4 is 0 Å². The van der Waals surface area contributed by atoms with E-state index in [1.165, 1.54) is 38.0 Å². The Morgan fingerprint density at radius 1 is 0.909 bits per heavy atom. The second-order valence-electron chi connectivity index (χ2n) is 7.24. The van der Waals surface area contributed by atoms with E-state index >= 15 is 0 Å². The highest BCUT2D eigenvalue weighted by molar-refractivity contribution is 5.16. The lowest BCUT2D eigenvalue weighted by molar-refractivity contribution is 0.108. The van der Waals surface area contributed by atoms with Crippen molar-refractivity contribution in [2.24, 2.45) is 17.8 Å². The van der Waals surface area contributed by atoms with Crippen LogP contribution in [0.5, 0.6) is 0 Å². The lowest BCUT2D eigenvalue weighted by atomic mass is 9.93. The molecule has 2 fully saturated rings. The highest BCUT2D eigenvalue weighted by Crippen LogP contribution is 2.43. The molecule has 0 amide bonds. The number of allylic oxidation sites excluding steroid dienone is 2. The summed E-state index contributed by atoms with van der Waals surface area (Å²) in [6.45, 7) is 6.86. The van der Waals surface area contributed by atoms with Gasteiger partial charge in [-0.1, -0.05) is 24.3 Å². The molecule has 1 aromatic carbocycles. The van der Waals surface area contributed by atoms with Crippen molar-refractivity contribution in [1.29, 1.82) is 0 Å².